The lowest BCUT2D eigenvalue weighted by Crippen LogP contribution is -2.36. The Morgan fingerprint density at radius 2 is 2.16 bits per heavy atom. The minimum atomic E-state index is -0.784. The summed E-state index contributed by atoms with van der Waals surface area (Å²) in [6.07, 6.45) is -0.0147. The molecule has 0 fully saturated rings. The Balaban J connectivity index is 3.16. The molecule has 19 heavy (non-hydrogen) atoms. The van der Waals surface area contributed by atoms with Crippen LogP contribution in [0.3, 0.4) is 0 Å². The van der Waals surface area contributed by atoms with Gasteiger partial charge in [0.2, 0.25) is 5.91 Å². The molecule has 1 aromatic carbocycles. The van der Waals surface area contributed by atoms with Crippen molar-refractivity contribution < 1.29 is 14.1 Å². The highest BCUT2D eigenvalue weighted by Crippen LogP contribution is 2.32. The van der Waals surface area contributed by atoms with Gasteiger partial charge >= 0.3 is 0 Å². The number of halogens is 2. The van der Waals surface area contributed by atoms with Gasteiger partial charge < -0.3 is 11.1 Å². The molecule has 1 rings (SSSR count). The molecule has 0 saturated carbocycles. The summed E-state index contributed by atoms with van der Waals surface area (Å²) >= 11 is 2.96. The van der Waals surface area contributed by atoms with Crippen LogP contribution < -0.4 is 11.1 Å². The summed E-state index contributed by atoms with van der Waals surface area (Å²) in [7, 11) is 0. The second kappa shape index (κ2) is 5.52. The average Bonchev–Trinajstić information content (AvgIpc) is 2.19. The van der Waals surface area contributed by atoms with Crippen LogP contribution in [0.4, 0.5) is 15.8 Å². The molecule has 8 heteroatoms. The topological polar surface area (TPSA) is 98.3 Å². The highest BCUT2D eigenvalue weighted by atomic mass is 79.9. The van der Waals surface area contributed by atoms with Crippen LogP contribution in [0, 0.1) is 15.9 Å². The van der Waals surface area contributed by atoms with Gasteiger partial charge in [-0.2, -0.15) is 0 Å². The molecule has 1 aromatic rings. The molecule has 6 nitrogen and oxygen atoms in total. The summed E-state index contributed by atoms with van der Waals surface area (Å²) in [5, 5.41) is 13.7. The summed E-state index contributed by atoms with van der Waals surface area (Å²) in [5.74, 6) is -1.27. The van der Waals surface area contributed by atoms with E-state index in [0.717, 1.165) is 6.07 Å². The first kappa shape index (κ1) is 15.4. The van der Waals surface area contributed by atoms with Gasteiger partial charge in [0.05, 0.1) is 15.5 Å². The maximum Gasteiger partial charge on any atom is 0.295 e. The Morgan fingerprint density at radius 3 is 2.63 bits per heavy atom. The third-order valence-corrected chi connectivity index (χ3v) is 2.93. The van der Waals surface area contributed by atoms with Gasteiger partial charge in [-0.3, -0.25) is 14.9 Å². The first-order valence-corrected chi connectivity index (χ1v) is 6.11. The predicted molar refractivity (Wildman–Crippen MR) is 72.3 cm³/mol. The van der Waals surface area contributed by atoms with E-state index in [2.05, 4.69) is 21.2 Å². The summed E-state index contributed by atoms with van der Waals surface area (Å²) in [4.78, 5) is 21.1. The number of carbonyl (C=O) groups is 1. The van der Waals surface area contributed by atoms with Crippen molar-refractivity contribution >= 4 is 33.2 Å². The van der Waals surface area contributed by atoms with Crippen LogP contribution in [0.2, 0.25) is 0 Å². The molecule has 1 amide bonds. The van der Waals surface area contributed by atoms with Crippen LogP contribution in [-0.4, -0.2) is 16.4 Å². The number of nitro benzene ring substituents is 1. The Morgan fingerprint density at radius 1 is 1.58 bits per heavy atom. The molecule has 0 aliphatic heterocycles. The van der Waals surface area contributed by atoms with Gasteiger partial charge in [0.25, 0.3) is 5.69 Å². The van der Waals surface area contributed by atoms with Gasteiger partial charge in [-0.25, -0.2) is 4.39 Å². The predicted octanol–water partition coefficient (Wildman–Crippen LogP) is 2.56. The summed E-state index contributed by atoms with van der Waals surface area (Å²) in [5.41, 5.74) is 4.03. The molecule has 0 aliphatic rings. The van der Waals surface area contributed by atoms with Crippen molar-refractivity contribution in [1.82, 2.24) is 0 Å². The number of anilines is 1. The zero-order valence-corrected chi connectivity index (χ0v) is 12.0. The highest BCUT2D eigenvalue weighted by molar-refractivity contribution is 9.10. The fourth-order valence-electron chi connectivity index (χ4n) is 1.63. The SMILES string of the molecule is CC(C)(CC(N)=O)Nc1cc(Br)c(F)cc1[N+](=O)[O-]. The highest BCUT2D eigenvalue weighted by Gasteiger charge is 2.25. The van der Waals surface area contributed by atoms with E-state index in [4.69, 9.17) is 5.73 Å². The number of benzene rings is 1. The summed E-state index contributed by atoms with van der Waals surface area (Å²) in [6, 6.07) is 2.07. The minimum Gasteiger partial charge on any atom is -0.374 e. The van der Waals surface area contributed by atoms with E-state index >= 15 is 0 Å². The molecule has 0 heterocycles. The van der Waals surface area contributed by atoms with E-state index in [1.54, 1.807) is 13.8 Å². The Bertz CT molecular complexity index is 534. The molecule has 0 unspecified atom stereocenters. The maximum absolute atomic E-state index is 13.3. The van der Waals surface area contributed by atoms with Crippen molar-refractivity contribution in [3.05, 3.63) is 32.5 Å². The zero-order chi connectivity index (χ0) is 14.8. The quantitative estimate of drug-likeness (QED) is 0.639. The zero-order valence-electron chi connectivity index (χ0n) is 10.4. The number of nitrogens with one attached hydrogen (secondary N) is 1. The number of nitrogens with zero attached hydrogens (tertiary/aromatic N) is 1. The normalized spacial score (nSPS) is 11.2. The van der Waals surface area contributed by atoms with Gasteiger partial charge in [-0.05, 0) is 35.8 Å². The fourth-order valence-corrected chi connectivity index (χ4v) is 1.98. The lowest BCUT2D eigenvalue weighted by atomic mass is 9.99. The minimum absolute atomic E-state index is 0.0147. The number of carbonyl (C=O) groups excluding carboxylic acids is 1. The van der Waals surface area contributed by atoms with E-state index in [-0.39, 0.29) is 16.6 Å². The lowest BCUT2D eigenvalue weighted by Gasteiger charge is -2.26. The smallest absolute Gasteiger partial charge is 0.295 e. The third kappa shape index (κ3) is 4.16. The van der Waals surface area contributed by atoms with Crippen molar-refractivity contribution in [2.45, 2.75) is 25.8 Å². The van der Waals surface area contributed by atoms with Crippen LogP contribution in [0.25, 0.3) is 0 Å². The van der Waals surface area contributed by atoms with Gasteiger partial charge in [0.1, 0.15) is 11.5 Å². The monoisotopic (exact) mass is 333 g/mol. The van der Waals surface area contributed by atoms with Gasteiger partial charge in [-0.1, -0.05) is 0 Å². The molecule has 0 bridgehead atoms. The van der Waals surface area contributed by atoms with Gasteiger partial charge in [0, 0.05) is 12.0 Å². The van der Waals surface area contributed by atoms with E-state index in [0.29, 0.717) is 0 Å². The van der Waals surface area contributed by atoms with Crippen LogP contribution >= 0.6 is 15.9 Å². The van der Waals surface area contributed by atoms with Crippen LogP contribution in [0.1, 0.15) is 20.3 Å². The van der Waals surface area contributed by atoms with Crippen LogP contribution in [-0.2, 0) is 4.79 Å². The van der Waals surface area contributed by atoms with Crippen molar-refractivity contribution in [2.24, 2.45) is 5.73 Å². The standard InChI is InChI=1S/C11H13BrFN3O3/c1-11(2,5-10(14)17)15-8-3-6(12)7(13)4-9(8)16(18)19/h3-4,15H,5H2,1-2H3,(H2,14,17). The first-order valence-electron chi connectivity index (χ1n) is 5.32. The van der Waals surface area contributed by atoms with E-state index in [1.165, 1.54) is 6.07 Å². The largest absolute Gasteiger partial charge is 0.374 e. The van der Waals surface area contributed by atoms with Crippen molar-refractivity contribution in [3.8, 4) is 0 Å². The molecule has 104 valence electrons. The van der Waals surface area contributed by atoms with E-state index in [9.17, 15) is 19.3 Å². The maximum atomic E-state index is 13.3. The molecular weight excluding hydrogens is 321 g/mol. The summed E-state index contributed by atoms with van der Waals surface area (Å²) < 4.78 is 13.4. The van der Waals surface area contributed by atoms with Crippen molar-refractivity contribution in [2.75, 3.05) is 5.32 Å². The van der Waals surface area contributed by atoms with Crippen LogP contribution in [0.5, 0.6) is 0 Å². The van der Waals surface area contributed by atoms with Crippen molar-refractivity contribution in [3.63, 3.8) is 0 Å². The third-order valence-electron chi connectivity index (χ3n) is 2.32. The average molecular weight is 334 g/mol. The van der Waals surface area contributed by atoms with Crippen LogP contribution in [0.15, 0.2) is 16.6 Å². The second-order valence-electron chi connectivity index (χ2n) is 4.69. The lowest BCUT2D eigenvalue weighted by molar-refractivity contribution is -0.384. The number of primary amides is 1. The van der Waals surface area contributed by atoms with Crippen molar-refractivity contribution in [1.29, 1.82) is 0 Å². The number of rotatable bonds is 5. The molecule has 0 aliphatic carbocycles. The van der Waals surface area contributed by atoms with E-state index in [1.807, 2.05) is 0 Å². The molecular formula is C11H13BrFN3O3. The number of hydrogen-bond donors (Lipinski definition) is 2. The fraction of sp³-hybridized carbons (Fsp3) is 0.364. The molecule has 0 radical (unpaired) electrons. The molecule has 3 N–H and O–H groups in total. The number of hydrogen-bond acceptors (Lipinski definition) is 4. The Hall–Kier alpha value is -1.70. The van der Waals surface area contributed by atoms with Gasteiger partial charge in [0.15, 0.2) is 0 Å². The van der Waals surface area contributed by atoms with E-state index < -0.39 is 27.9 Å². The number of nitro groups is 1. The van der Waals surface area contributed by atoms with Gasteiger partial charge in [-0.15, -0.1) is 0 Å². The number of nitrogens with two attached hydrogens (primary N) is 1. The second-order valence-corrected chi connectivity index (χ2v) is 5.55. The molecule has 0 spiro atoms. The summed E-state index contributed by atoms with van der Waals surface area (Å²) in [6.45, 7) is 3.33. The Kier molecular flexibility index (Phi) is 4.46. The molecule has 0 aromatic heterocycles. The molecule has 0 atom stereocenters. The first-order chi connectivity index (χ1) is 8.62. The Labute approximate surface area is 117 Å². The molecule has 0 saturated heterocycles. The number of amides is 1.